The summed E-state index contributed by atoms with van der Waals surface area (Å²) in [5, 5.41) is 0. The van der Waals surface area contributed by atoms with Crippen LogP contribution >= 0.6 is 0 Å². The first-order valence-electron chi connectivity index (χ1n) is 10.2. The zero-order chi connectivity index (χ0) is 17.4. The van der Waals surface area contributed by atoms with E-state index in [2.05, 4.69) is 0 Å². The molecule has 2 rings (SSSR count). The van der Waals surface area contributed by atoms with Crippen LogP contribution in [0.4, 0.5) is 0 Å². The van der Waals surface area contributed by atoms with E-state index in [0.717, 1.165) is 44.9 Å². The molecule has 0 spiro atoms. The Labute approximate surface area is 147 Å². The minimum Gasteiger partial charge on any atom is -0.369 e. The van der Waals surface area contributed by atoms with Gasteiger partial charge in [0, 0.05) is 5.92 Å². The van der Waals surface area contributed by atoms with Gasteiger partial charge in [-0.3, -0.25) is 9.59 Å². The number of rotatable bonds is 2. The van der Waals surface area contributed by atoms with Gasteiger partial charge in [-0.25, -0.2) is 0 Å². The fraction of sp³-hybridized carbons (Fsp3) is 0.900. The molecule has 0 aromatic heterocycles. The molecule has 3 atom stereocenters. The smallest absolute Gasteiger partial charge is 0.223 e. The molecule has 4 N–H and O–H groups in total. The van der Waals surface area contributed by atoms with Crippen molar-refractivity contribution in [3.8, 4) is 0 Å². The number of amides is 2. The Morgan fingerprint density at radius 3 is 1.79 bits per heavy atom. The van der Waals surface area contributed by atoms with Crippen molar-refractivity contribution in [3.63, 3.8) is 0 Å². The number of hydrogen-bond donors (Lipinski definition) is 2. The molecular weight excluding hydrogens is 300 g/mol. The van der Waals surface area contributed by atoms with Gasteiger partial charge >= 0.3 is 0 Å². The number of hydrogen-bond acceptors (Lipinski definition) is 2. The first-order chi connectivity index (χ1) is 11.6. The maximum Gasteiger partial charge on any atom is 0.223 e. The predicted molar refractivity (Wildman–Crippen MR) is 97.1 cm³/mol. The number of carbonyl (C=O) groups is 2. The normalized spacial score (nSPS) is 33.8. The lowest BCUT2D eigenvalue weighted by molar-refractivity contribution is -0.138. The Bertz CT molecular complexity index is 424. The van der Waals surface area contributed by atoms with E-state index in [4.69, 9.17) is 11.5 Å². The minimum absolute atomic E-state index is 0.0682. The van der Waals surface area contributed by atoms with Crippen LogP contribution in [0.25, 0.3) is 0 Å². The van der Waals surface area contributed by atoms with Gasteiger partial charge in [0.1, 0.15) is 0 Å². The summed E-state index contributed by atoms with van der Waals surface area (Å²) in [4.78, 5) is 24.1. The van der Waals surface area contributed by atoms with Gasteiger partial charge in [-0.15, -0.1) is 0 Å². The van der Waals surface area contributed by atoms with Crippen molar-refractivity contribution in [1.82, 2.24) is 0 Å². The summed E-state index contributed by atoms with van der Waals surface area (Å²) in [6.07, 6.45) is 16.7. The Morgan fingerprint density at radius 2 is 1.25 bits per heavy atom. The Hall–Kier alpha value is -1.06. The van der Waals surface area contributed by atoms with Gasteiger partial charge in [0.05, 0.1) is 5.41 Å². The van der Waals surface area contributed by atoms with E-state index in [0.29, 0.717) is 0 Å². The summed E-state index contributed by atoms with van der Waals surface area (Å²) < 4.78 is 0. The SMILES string of the molecule is NC(=O)C1CCC2(C(N)=O)CCCCCCCCCCCCC2C1. The highest BCUT2D eigenvalue weighted by Gasteiger charge is 2.47. The highest BCUT2D eigenvalue weighted by molar-refractivity contribution is 5.82. The molecule has 2 aliphatic rings. The molecule has 4 heteroatoms. The lowest BCUT2D eigenvalue weighted by Crippen LogP contribution is -2.48. The first kappa shape index (κ1) is 19.3. The number of fused-ring (bicyclic) bond motifs is 1. The monoisotopic (exact) mass is 336 g/mol. The van der Waals surface area contributed by atoms with E-state index in [1.54, 1.807) is 0 Å². The van der Waals surface area contributed by atoms with Crippen LogP contribution in [0.3, 0.4) is 0 Å². The highest BCUT2D eigenvalue weighted by Crippen LogP contribution is 2.49. The standard InChI is InChI=1S/C20H36N2O2/c21-18(23)16-12-14-20(19(22)24)13-10-8-6-4-2-1-3-5-7-9-11-17(20)15-16/h16-17H,1-15H2,(H2,21,23)(H2,22,24). The average Bonchev–Trinajstić information content (AvgIpc) is 2.55. The van der Waals surface area contributed by atoms with Crippen molar-refractivity contribution in [3.05, 3.63) is 0 Å². The fourth-order valence-corrected chi connectivity index (χ4v) is 5.00. The maximum absolute atomic E-state index is 12.4. The molecule has 3 unspecified atom stereocenters. The van der Waals surface area contributed by atoms with Crippen molar-refractivity contribution in [1.29, 1.82) is 0 Å². The second kappa shape index (κ2) is 9.43. The Balaban J connectivity index is 2.10. The van der Waals surface area contributed by atoms with E-state index in [1.165, 1.54) is 51.4 Å². The van der Waals surface area contributed by atoms with Crippen LogP contribution in [0, 0.1) is 17.3 Å². The summed E-state index contributed by atoms with van der Waals surface area (Å²) in [5.41, 5.74) is 11.1. The molecule has 0 radical (unpaired) electrons. The zero-order valence-electron chi connectivity index (χ0n) is 15.2. The van der Waals surface area contributed by atoms with Crippen LogP contribution in [-0.4, -0.2) is 11.8 Å². The predicted octanol–water partition coefficient (Wildman–Crippen LogP) is 4.05. The topological polar surface area (TPSA) is 86.2 Å². The molecule has 2 aliphatic carbocycles. The van der Waals surface area contributed by atoms with Crippen molar-refractivity contribution in [2.75, 3.05) is 0 Å². The Kier molecular flexibility index (Phi) is 7.57. The van der Waals surface area contributed by atoms with Crippen LogP contribution in [-0.2, 0) is 9.59 Å². The van der Waals surface area contributed by atoms with E-state index in [-0.39, 0.29) is 23.7 Å². The van der Waals surface area contributed by atoms with E-state index in [1.807, 2.05) is 0 Å². The molecule has 0 aromatic rings. The molecule has 2 amide bonds. The summed E-state index contributed by atoms with van der Waals surface area (Å²) in [7, 11) is 0. The summed E-state index contributed by atoms with van der Waals surface area (Å²) in [6, 6.07) is 0. The first-order valence-corrected chi connectivity index (χ1v) is 10.2. The number of primary amides is 2. The molecule has 2 fully saturated rings. The molecule has 0 aromatic carbocycles. The van der Waals surface area contributed by atoms with Gasteiger partial charge in [-0.1, -0.05) is 64.2 Å². The fourth-order valence-electron chi connectivity index (χ4n) is 5.00. The maximum atomic E-state index is 12.4. The van der Waals surface area contributed by atoms with Crippen LogP contribution in [0.2, 0.25) is 0 Å². The van der Waals surface area contributed by atoms with Gasteiger partial charge in [0.15, 0.2) is 0 Å². The molecule has 0 heterocycles. The highest BCUT2D eigenvalue weighted by atomic mass is 16.1. The van der Waals surface area contributed by atoms with E-state index < -0.39 is 5.41 Å². The molecule has 0 bridgehead atoms. The number of carbonyl (C=O) groups excluding carboxylic acids is 2. The van der Waals surface area contributed by atoms with Gasteiger partial charge < -0.3 is 11.5 Å². The quantitative estimate of drug-likeness (QED) is 0.797. The summed E-state index contributed by atoms with van der Waals surface area (Å²) >= 11 is 0. The van der Waals surface area contributed by atoms with Crippen molar-refractivity contribution in [2.24, 2.45) is 28.7 Å². The molecule has 24 heavy (non-hydrogen) atoms. The van der Waals surface area contributed by atoms with Crippen LogP contribution < -0.4 is 11.5 Å². The largest absolute Gasteiger partial charge is 0.369 e. The Morgan fingerprint density at radius 1 is 0.708 bits per heavy atom. The molecular formula is C20H36N2O2. The third-order valence-electron chi connectivity index (χ3n) is 6.61. The molecule has 0 saturated heterocycles. The lowest BCUT2D eigenvalue weighted by atomic mass is 9.59. The molecule has 2 saturated carbocycles. The van der Waals surface area contributed by atoms with Gasteiger partial charge in [0.25, 0.3) is 0 Å². The third-order valence-corrected chi connectivity index (χ3v) is 6.61. The van der Waals surface area contributed by atoms with Crippen molar-refractivity contribution >= 4 is 11.8 Å². The summed E-state index contributed by atoms with van der Waals surface area (Å²) in [5.74, 6) is -0.166. The van der Waals surface area contributed by atoms with Gasteiger partial charge in [-0.05, 0) is 38.0 Å². The van der Waals surface area contributed by atoms with E-state index >= 15 is 0 Å². The van der Waals surface area contributed by atoms with Crippen molar-refractivity contribution in [2.45, 2.75) is 96.3 Å². The van der Waals surface area contributed by atoms with Gasteiger partial charge in [0.2, 0.25) is 11.8 Å². The van der Waals surface area contributed by atoms with E-state index in [9.17, 15) is 9.59 Å². The van der Waals surface area contributed by atoms with Crippen LogP contribution in [0.1, 0.15) is 96.3 Å². The molecule has 4 nitrogen and oxygen atoms in total. The zero-order valence-corrected chi connectivity index (χ0v) is 15.2. The number of nitrogens with two attached hydrogens (primary N) is 2. The van der Waals surface area contributed by atoms with Crippen LogP contribution in [0.15, 0.2) is 0 Å². The van der Waals surface area contributed by atoms with Crippen LogP contribution in [0.5, 0.6) is 0 Å². The molecule has 0 aliphatic heterocycles. The second-order valence-corrected chi connectivity index (χ2v) is 8.17. The lowest BCUT2D eigenvalue weighted by Gasteiger charge is -2.44. The third kappa shape index (κ3) is 4.97. The molecule has 138 valence electrons. The average molecular weight is 337 g/mol. The van der Waals surface area contributed by atoms with Crippen molar-refractivity contribution < 1.29 is 9.59 Å². The van der Waals surface area contributed by atoms with Gasteiger partial charge in [-0.2, -0.15) is 0 Å². The minimum atomic E-state index is -0.393. The second-order valence-electron chi connectivity index (χ2n) is 8.17. The summed E-state index contributed by atoms with van der Waals surface area (Å²) in [6.45, 7) is 0.